The zero-order chi connectivity index (χ0) is 21.9. The molecule has 0 spiro atoms. The minimum Gasteiger partial charge on any atom is -0.457 e. The third kappa shape index (κ3) is 6.87. The molecule has 0 saturated heterocycles. The van der Waals surface area contributed by atoms with Gasteiger partial charge in [0.05, 0.1) is 5.69 Å². The number of ether oxygens (including phenoxy) is 1. The van der Waals surface area contributed by atoms with Crippen LogP contribution in [-0.4, -0.2) is 22.0 Å². The summed E-state index contributed by atoms with van der Waals surface area (Å²) in [5, 5.41) is 4.07. The van der Waals surface area contributed by atoms with Gasteiger partial charge in [0.1, 0.15) is 28.8 Å². The van der Waals surface area contributed by atoms with Gasteiger partial charge in [-0.1, -0.05) is 49.2 Å². The Balaban J connectivity index is 0.00000155. The molecule has 2 heterocycles. The molecule has 3 rings (SSSR count). The number of halogens is 2. The fourth-order valence-electron chi connectivity index (χ4n) is 2.50. The maximum absolute atomic E-state index is 6.10. The highest BCUT2D eigenvalue weighted by atomic mass is 35.5. The molecule has 0 fully saturated rings. The van der Waals surface area contributed by atoms with Gasteiger partial charge in [0.15, 0.2) is 0 Å². The van der Waals surface area contributed by atoms with Crippen LogP contribution in [-0.2, 0) is 0 Å². The summed E-state index contributed by atoms with van der Waals surface area (Å²) in [7, 11) is 1.82. The second-order valence-electron chi connectivity index (χ2n) is 5.82. The van der Waals surface area contributed by atoms with E-state index in [1.165, 1.54) is 6.33 Å². The van der Waals surface area contributed by atoms with Crippen LogP contribution in [0.25, 0.3) is 12.2 Å². The minimum atomic E-state index is 0.355. The van der Waals surface area contributed by atoms with Crippen molar-refractivity contribution >= 4 is 41.2 Å². The zero-order valence-corrected chi connectivity index (χ0v) is 18.9. The third-order valence-corrected chi connectivity index (χ3v) is 4.27. The van der Waals surface area contributed by atoms with Crippen LogP contribution in [0.4, 0.5) is 5.82 Å². The first-order chi connectivity index (χ1) is 14.5. The largest absolute Gasteiger partial charge is 0.457 e. The number of aryl methyl sites for hydroxylation is 1. The molecule has 0 bridgehead atoms. The number of hydrogen-bond donors (Lipinski definition) is 1. The Labute approximate surface area is 187 Å². The SMILES string of the molecule is CC.CNc1ncnc(C)c1/C=C\C(=C\c1cccc(Cl)c1)Oc1ccnc(Cl)c1. The molecule has 0 atom stereocenters. The molecule has 156 valence electrons. The predicted molar refractivity (Wildman–Crippen MR) is 126 cm³/mol. The van der Waals surface area contributed by atoms with E-state index >= 15 is 0 Å². The summed E-state index contributed by atoms with van der Waals surface area (Å²) in [6, 6.07) is 10.9. The van der Waals surface area contributed by atoms with Crippen LogP contribution in [0.1, 0.15) is 30.7 Å². The fraction of sp³-hybridized carbons (Fsp3) is 0.174. The first kappa shape index (κ1) is 23.4. The summed E-state index contributed by atoms with van der Waals surface area (Å²) >= 11 is 12.1. The molecule has 0 aliphatic carbocycles. The van der Waals surface area contributed by atoms with Crippen molar-refractivity contribution in [2.24, 2.45) is 0 Å². The van der Waals surface area contributed by atoms with Crippen molar-refractivity contribution in [1.82, 2.24) is 15.0 Å². The molecule has 0 amide bonds. The van der Waals surface area contributed by atoms with Gasteiger partial charge < -0.3 is 10.1 Å². The summed E-state index contributed by atoms with van der Waals surface area (Å²) in [6.45, 7) is 5.92. The van der Waals surface area contributed by atoms with Crippen molar-refractivity contribution < 1.29 is 4.74 Å². The van der Waals surface area contributed by atoms with Gasteiger partial charge in [-0.15, -0.1) is 0 Å². The maximum atomic E-state index is 6.10. The molecule has 0 saturated carbocycles. The van der Waals surface area contributed by atoms with Crippen LogP contribution in [0.3, 0.4) is 0 Å². The van der Waals surface area contributed by atoms with Gasteiger partial charge in [-0.3, -0.25) is 0 Å². The number of nitrogens with zero attached hydrogens (tertiary/aromatic N) is 3. The molecular formula is C23H24Cl2N4O. The Hall–Kier alpha value is -2.89. The lowest BCUT2D eigenvalue weighted by molar-refractivity contribution is 0.449. The molecule has 3 aromatic rings. The van der Waals surface area contributed by atoms with E-state index in [9.17, 15) is 0 Å². The summed E-state index contributed by atoms with van der Waals surface area (Å²) in [5.74, 6) is 1.90. The van der Waals surface area contributed by atoms with Gasteiger partial charge in [0.25, 0.3) is 0 Å². The molecule has 7 heteroatoms. The van der Waals surface area contributed by atoms with E-state index in [0.29, 0.717) is 21.7 Å². The Morgan fingerprint density at radius 3 is 2.57 bits per heavy atom. The van der Waals surface area contributed by atoms with Crippen molar-refractivity contribution in [2.75, 3.05) is 12.4 Å². The number of benzene rings is 1. The first-order valence-electron chi connectivity index (χ1n) is 9.49. The molecule has 5 nitrogen and oxygen atoms in total. The van der Waals surface area contributed by atoms with E-state index in [0.717, 1.165) is 22.6 Å². The Kier molecular flexibility index (Phi) is 9.32. The Morgan fingerprint density at radius 2 is 1.87 bits per heavy atom. The molecule has 0 aliphatic rings. The lowest BCUT2D eigenvalue weighted by Crippen LogP contribution is -1.99. The number of hydrogen-bond acceptors (Lipinski definition) is 5. The Bertz CT molecular complexity index is 1040. The molecular weight excluding hydrogens is 419 g/mol. The average Bonchev–Trinajstić information content (AvgIpc) is 2.74. The smallest absolute Gasteiger partial charge is 0.136 e. The van der Waals surface area contributed by atoms with Crippen molar-refractivity contribution in [3.63, 3.8) is 0 Å². The number of nitrogens with one attached hydrogen (secondary N) is 1. The summed E-state index contributed by atoms with van der Waals surface area (Å²) in [4.78, 5) is 12.5. The third-order valence-electron chi connectivity index (χ3n) is 3.83. The molecule has 30 heavy (non-hydrogen) atoms. The van der Waals surface area contributed by atoms with Crippen molar-refractivity contribution in [2.45, 2.75) is 20.8 Å². The van der Waals surface area contributed by atoms with Gasteiger partial charge in [-0.05, 0) is 48.9 Å². The van der Waals surface area contributed by atoms with Crippen LogP contribution in [0.5, 0.6) is 5.75 Å². The molecule has 0 aliphatic heterocycles. The summed E-state index contributed by atoms with van der Waals surface area (Å²) in [6.07, 6.45) is 8.75. The van der Waals surface area contributed by atoms with Crippen LogP contribution in [0, 0.1) is 6.92 Å². The fourth-order valence-corrected chi connectivity index (χ4v) is 2.87. The van der Waals surface area contributed by atoms with Gasteiger partial charge in [-0.2, -0.15) is 0 Å². The second-order valence-corrected chi connectivity index (χ2v) is 6.65. The topological polar surface area (TPSA) is 59.9 Å². The van der Waals surface area contributed by atoms with Gasteiger partial charge in [-0.25, -0.2) is 15.0 Å². The first-order valence-corrected chi connectivity index (χ1v) is 10.2. The molecule has 1 aromatic carbocycles. The maximum Gasteiger partial charge on any atom is 0.136 e. The van der Waals surface area contributed by atoms with E-state index in [2.05, 4.69) is 20.3 Å². The number of anilines is 1. The Morgan fingerprint density at radius 1 is 1.07 bits per heavy atom. The second kappa shape index (κ2) is 12.0. The highest BCUT2D eigenvalue weighted by Gasteiger charge is 2.06. The lowest BCUT2D eigenvalue weighted by atomic mass is 10.1. The van der Waals surface area contributed by atoms with Crippen LogP contribution in [0.15, 0.2) is 60.8 Å². The lowest BCUT2D eigenvalue weighted by Gasteiger charge is -2.09. The standard InChI is InChI=1S/C21H18Cl2N4O.C2H6/c1-14-19(21(24-2)27-13-26-14)7-6-17(11-15-4-3-5-16(22)10-15)28-18-8-9-25-20(23)12-18;1-2/h3-13H,1-2H3,(H,24,26,27);1-2H3/b7-6-,17-11-;. The average molecular weight is 443 g/mol. The van der Waals surface area contributed by atoms with Crippen LogP contribution >= 0.6 is 23.2 Å². The number of allylic oxidation sites excluding steroid dienone is 1. The molecule has 1 N–H and O–H groups in total. The minimum absolute atomic E-state index is 0.355. The van der Waals surface area contributed by atoms with Crippen molar-refractivity contribution in [3.8, 4) is 5.75 Å². The monoisotopic (exact) mass is 442 g/mol. The summed E-state index contributed by atoms with van der Waals surface area (Å²) < 4.78 is 6.02. The van der Waals surface area contributed by atoms with Gasteiger partial charge in [0.2, 0.25) is 0 Å². The van der Waals surface area contributed by atoms with Crippen molar-refractivity contribution in [1.29, 1.82) is 0 Å². The van der Waals surface area contributed by atoms with E-state index in [1.54, 1.807) is 18.3 Å². The van der Waals surface area contributed by atoms with E-state index in [4.69, 9.17) is 27.9 Å². The van der Waals surface area contributed by atoms with Gasteiger partial charge in [0, 0.05) is 29.9 Å². The molecule has 0 radical (unpaired) electrons. The van der Waals surface area contributed by atoms with Crippen LogP contribution in [0.2, 0.25) is 10.2 Å². The van der Waals surface area contributed by atoms with E-state index in [1.807, 2.05) is 70.3 Å². The van der Waals surface area contributed by atoms with Crippen molar-refractivity contribution in [3.05, 3.63) is 87.8 Å². The normalized spacial score (nSPS) is 11.1. The predicted octanol–water partition coefficient (Wildman–Crippen LogP) is 6.69. The molecule has 2 aromatic heterocycles. The zero-order valence-electron chi connectivity index (χ0n) is 17.4. The highest BCUT2D eigenvalue weighted by molar-refractivity contribution is 6.30. The van der Waals surface area contributed by atoms with Gasteiger partial charge >= 0.3 is 0 Å². The van der Waals surface area contributed by atoms with Crippen LogP contribution < -0.4 is 10.1 Å². The highest BCUT2D eigenvalue weighted by Crippen LogP contribution is 2.22. The summed E-state index contributed by atoms with van der Waals surface area (Å²) in [5.41, 5.74) is 2.63. The van der Waals surface area contributed by atoms with E-state index in [-0.39, 0.29) is 0 Å². The number of aromatic nitrogens is 3. The number of pyridine rings is 1. The quantitative estimate of drug-likeness (QED) is 0.261. The molecule has 0 unspecified atom stereocenters. The number of rotatable bonds is 6. The van der Waals surface area contributed by atoms with E-state index < -0.39 is 0 Å².